The van der Waals surface area contributed by atoms with Crippen molar-refractivity contribution >= 4 is 11.8 Å². The summed E-state index contributed by atoms with van der Waals surface area (Å²) in [4.78, 5) is 22.9. The Bertz CT molecular complexity index is 357. The van der Waals surface area contributed by atoms with Gasteiger partial charge in [-0.2, -0.15) is 0 Å². The predicted octanol–water partition coefficient (Wildman–Crippen LogP) is 3.02. The zero-order valence-corrected chi connectivity index (χ0v) is 11.6. The van der Waals surface area contributed by atoms with Gasteiger partial charge in [0.05, 0.1) is 6.61 Å². The molecule has 0 saturated heterocycles. The van der Waals surface area contributed by atoms with Gasteiger partial charge in [-0.25, -0.2) is 0 Å². The SMILES string of the molecule is CC.CCOC(=O)C(Cc1ccccc1)C(C)=O. The van der Waals surface area contributed by atoms with Gasteiger partial charge in [0, 0.05) is 0 Å². The number of benzene rings is 1. The van der Waals surface area contributed by atoms with Crippen molar-refractivity contribution in [3.63, 3.8) is 0 Å². The van der Waals surface area contributed by atoms with E-state index < -0.39 is 11.9 Å². The van der Waals surface area contributed by atoms with Gasteiger partial charge in [-0.1, -0.05) is 44.2 Å². The molecule has 0 fully saturated rings. The first-order valence-corrected chi connectivity index (χ1v) is 6.36. The molecule has 0 aliphatic carbocycles. The number of esters is 1. The Labute approximate surface area is 109 Å². The van der Waals surface area contributed by atoms with Gasteiger partial charge in [-0.05, 0) is 25.8 Å². The normalized spacial score (nSPS) is 10.9. The molecule has 0 saturated carbocycles. The van der Waals surface area contributed by atoms with Crippen LogP contribution < -0.4 is 0 Å². The fraction of sp³-hybridized carbons (Fsp3) is 0.467. The molecule has 0 aliphatic heterocycles. The summed E-state index contributed by atoms with van der Waals surface area (Å²) in [5.74, 6) is -1.26. The molecule has 100 valence electrons. The van der Waals surface area contributed by atoms with Crippen LogP contribution in [0.1, 0.15) is 33.3 Å². The first kappa shape index (κ1) is 16.4. The second-order valence-corrected chi connectivity index (χ2v) is 3.61. The maximum atomic E-state index is 11.5. The van der Waals surface area contributed by atoms with E-state index in [1.54, 1.807) is 6.92 Å². The highest BCUT2D eigenvalue weighted by Gasteiger charge is 2.24. The van der Waals surface area contributed by atoms with Crippen LogP contribution in [-0.4, -0.2) is 18.4 Å². The van der Waals surface area contributed by atoms with Gasteiger partial charge in [-0.3, -0.25) is 9.59 Å². The van der Waals surface area contributed by atoms with Gasteiger partial charge in [0.1, 0.15) is 11.7 Å². The number of rotatable bonds is 5. The molecule has 0 aliphatic rings. The second-order valence-electron chi connectivity index (χ2n) is 3.61. The molecule has 0 N–H and O–H groups in total. The highest BCUT2D eigenvalue weighted by atomic mass is 16.5. The molecule has 0 radical (unpaired) electrons. The summed E-state index contributed by atoms with van der Waals surface area (Å²) in [6.45, 7) is 7.46. The molecule has 1 aromatic carbocycles. The summed E-state index contributed by atoms with van der Waals surface area (Å²) in [6, 6.07) is 9.47. The number of hydrogen-bond donors (Lipinski definition) is 0. The largest absolute Gasteiger partial charge is 0.465 e. The quantitative estimate of drug-likeness (QED) is 0.596. The molecule has 3 nitrogen and oxygen atoms in total. The van der Waals surface area contributed by atoms with E-state index in [0.717, 1.165) is 5.56 Å². The molecule has 1 atom stereocenters. The average Bonchev–Trinajstić information content (AvgIpc) is 2.39. The Balaban J connectivity index is 0.00000137. The number of carbonyl (C=O) groups excluding carboxylic acids is 2. The maximum absolute atomic E-state index is 11.5. The van der Waals surface area contributed by atoms with Gasteiger partial charge in [0.15, 0.2) is 0 Å². The summed E-state index contributed by atoms with van der Waals surface area (Å²) in [7, 11) is 0. The third-order valence-corrected chi connectivity index (χ3v) is 2.34. The van der Waals surface area contributed by atoms with Crippen LogP contribution in [0.4, 0.5) is 0 Å². The summed E-state index contributed by atoms with van der Waals surface area (Å²) < 4.78 is 4.88. The van der Waals surface area contributed by atoms with Crippen molar-refractivity contribution < 1.29 is 14.3 Å². The molecule has 18 heavy (non-hydrogen) atoms. The summed E-state index contributed by atoms with van der Waals surface area (Å²) in [5.41, 5.74) is 0.968. The highest BCUT2D eigenvalue weighted by Crippen LogP contribution is 2.11. The topological polar surface area (TPSA) is 43.4 Å². The standard InChI is InChI=1S/C13H16O3.C2H6/c1-3-16-13(15)12(10(2)14)9-11-7-5-4-6-8-11;1-2/h4-8,12H,3,9H2,1-2H3;1-2H3. The molecule has 0 aromatic heterocycles. The molecule has 1 rings (SSSR count). The van der Waals surface area contributed by atoms with E-state index in [9.17, 15) is 9.59 Å². The van der Waals surface area contributed by atoms with E-state index in [-0.39, 0.29) is 5.78 Å². The molecule has 0 spiro atoms. The number of ketones is 1. The minimum Gasteiger partial charge on any atom is -0.465 e. The minimum absolute atomic E-state index is 0.151. The zero-order chi connectivity index (χ0) is 14.0. The van der Waals surface area contributed by atoms with Crippen LogP contribution in [0.5, 0.6) is 0 Å². The Hall–Kier alpha value is -1.64. The minimum atomic E-state index is -0.678. The third-order valence-electron chi connectivity index (χ3n) is 2.34. The number of ether oxygens (including phenoxy) is 1. The first-order valence-electron chi connectivity index (χ1n) is 6.36. The van der Waals surface area contributed by atoms with Crippen LogP contribution in [0.15, 0.2) is 30.3 Å². The van der Waals surface area contributed by atoms with Crippen molar-refractivity contribution in [2.75, 3.05) is 6.61 Å². The van der Waals surface area contributed by atoms with E-state index in [4.69, 9.17) is 4.74 Å². The molecule has 1 unspecified atom stereocenters. The molecular weight excluding hydrogens is 228 g/mol. The van der Waals surface area contributed by atoms with Crippen LogP contribution in [0, 0.1) is 5.92 Å². The van der Waals surface area contributed by atoms with Crippen molar-refractivity contribution in [1.82, 2.24) is 0 Å². The maximum Gasteiger partial charge on any atom is 0.316 e. The van der Waals surface area contributed by atoms with E-state index in [0.29, 0.717) is 13.0 Å². The van der Waals surface area contributed by atoms with Crippen molar-refractivity contribution in [2.24, 2.45) is 5.92 Å². The fourth-order valence-corrected chi connectivity index (χ4v) is 1.49. The van der Waals surface area contributed by atoms with Crippen molar-refractivity contribution in [1.29, 1.82) is 0 Å². The molecule has 3 heteroatoms. The molecule has 0 bridgehead atoms. The van der Waals surface area contributed by atoms with Crippen molar-refractivity contribution in [2.45, 2.75) is 34.1 Å². The highest BCUT2D eigenvalue weighted by molar-refractivity contribution is 5.97. The Morgan fingerprint density at radius 1 is 1.17 bits per heavy atom. The third kappa shape index (κ3) is 5.62. The Morgan fingerprint density at radius 3 is 2.17 bits per heavy atom. The molecule has 0 heterocycles. The number of hydrogen-bond acceptors (Lipinski definition) is 3. The Morgan fingerprint density at radius 2 is 1.72 bits per heavy atom. The van der Waals surface area contributed by atoms with E-state index >= 15 is 0 Å². The molecule has 0 amide bonds. The van der Waals surface area contributed by atoms with Gasteiger partial charge in [0.2, 0.25) is 0 Å². The van der Waals surface area contributed by atoms with E-state index in [1.807, 2.05) is 44.2 Å². The van der Waals surface area contributed by atoms with Crippen LogP contribution in [-0.2, 0) is 20.7 Å². The lowest BCUT2D eigenvalue weighted by molar-refractivity contribution is -0.151. The van der Waals surface area contributed by atoms with Crippen LogP contribution in [0.3, 0.4) is 0 Å². The summed E-state index contributed by atoms with van der Waals surface area (Å²) in [6.07, 6.45) is 0.412. The second kappa shape index (κ2) is 9.40. The predicted molar refractivity (Wildman–Crippen MR) is 72.3 cm³/mol. The van der Waals surface area contributed by atoms with Gasteiger partial charge in [-0.15, -0.1) is 0 Å². The van der Waals surface area contributed by atoms with Gasteiger partial charge in [0.25, 0.3) is 0 Å². The van der Waals surface area contributed by atoms with E-state index in [2.05, 4.69) is 0 Å². The smallest absolute Gasteiger partial charge is 0.316 e. The summed E-state index contributed by atoms with van der Waals surface area (Å²) >= 11 is 0. The Kier molecular flexibility index (Phi) is 8.54. The molecule has 1 aromatic rings. The van der Waals surface area contributed by atoms with Crippen molar-refractivity contribution in [3.8, 4) is 0 Å². The van der Waals surface area contributed by atoms with Crippen LogP contribution in [0.25, 0.3) is 0 Å². The van der Waals surface area contributed by atoms with Gasteiger partial charge >= 0.3 is 5.97 Å². The number of carbonyl (C=O) groups is 2. The van der Waals surface area contributed by atoms with Crippen LogP contribution in [0.2, 0.25) is 0 Å². The lowest BCUT2D eigenvalue weighted by Gasteiger charge is -2.12. The molecular formula is C15H22O3. The lowest BCUT2D eigenvalue weighted by Crippen LogP contribution is -2.26. The lowest BCUT2D eigenvalue weighted by atomic mass is 9.96. The van der Waals surface area contributed by atoms with Crippen molar-refractivity contribution in [3.05, 3.63) is 35.9 Å². The van der Waals surface area contributed by atoms with Gasteiger partial charge < -0.3 is 4.74 Å². The fourth-order valence-electron chi connectivity index (χ4n) is 1.49. The summed E-state index contributed by atoms with van der Waals surface area (Å²) in [5, 5.41) is 0. The van der Waals surface area contributed by atoms with E-state index in [1.165, 1.54) is 6.92 Å². The monoisotopic (exact) mass is 250 g/mol. The average molecular weight is 250 g/mol. The first-order chi connectivity index (χ1) is 8.65. The number of Topliss-reactive ketones (excluding diaryl/α,β-unsaturated/α-hetero) is 1. The zero-order valence-electron chi connectivity index (χ0n) is 11.6. The van der Waals surface area contributed by atoms with Crippen LogP contribution >= 0.6 is 0 Å².